The summed E-state index contributed by atoms with van der Waals surface area (Å²) in [6.07, 6.45) is 13.1. The molecule has 2 N–H and O–H groups in total. The highest BCUT2D eigenvalue weighted by Crippen LogP contribution is 2.33. The summed E-state index contributed by atoms with van der Waals surface area (Å²) < 4.78 is 4.62. The van der Waals surface area contributed by atoms with Crippen molar-refractivity contribution in [2.75, 3.05) is 7.11 Å². The minimum Gasteiger partial charge on any atom is -0.512 e. The molecule has 0 aromatic carbocycles. The highest BCUT2D eigenvalue weighted by molar-refractivity contribution is 5.95. The van der Waals surface area contributed by atoms with Crippen LogP contribution in [0.5, 0.6) is 0 Å². The van der Waals surface area contributed by atoms with Gasteiger partial charge in [0.15, 0.2) is 5.78 Å². The summed E-state index contributed by atoms with van der Waals surface area (Å²) in [6.45, 7) is 3.92. The van der Waals surface area contributed by atoms with Crippen LogP contribution in [-0.4, -0.2) is 34.7 Å². The van der Waals surface area contributed by atoms with Crippen molar-refractivity contribution in [3.05, 3.63) is 24.0 Å². The third-order valence-corrected chi connectivity index (χ3v) is 5.27. The van der Waals surface area contributed by atoms with Gasteiger partial charge in [-0.25, -0.2) is 0 Å². The molecule has 1 aliphatic carbocycles. The highest BCUT2D eigenvalue weighted by Gasteiger charge is 2.34. The van der Waals surface area contributed by atoms with Crippen molar-refractivity contribution < 1.29 is 24.5 Å². The molecule has 0 heterocycles. The van der Waals surface area contributed by atoms with Gasteiger partial charge < -0.3 is 14.9 Å². The lowest BCUT2D eigenvalue weighted by Gasteiger charge is -2.22. The molecule has 0 saturated carbocycles. The first kappa shape index (κ1) is 23.4. The second kappa shape index (κ2) is 12.0. The van der Waals surface area contributed by atoms with Crippen molar-refractivity contribution in [3.8, 4) is 0 Å². The molecule has 0 radical (unpaired) electrons. The number of hydrogen-bond acceptors (Lipinski definition) is 5. The van der Waals surface area contributed by atoms with Crippen LogP contribution in [0.2, 0.25) is 0 Å². The lowest BCUT2D eigenvalue weighted by atomic mass is 9.87. The average molecular weight is 381 g/mol. The summed E-state index contributed by atoms with van der Waals surface area (Å²) >= 11 is 0. The molecule has 1 aliphatic rings. The van der Waals surface area contributed by atoms with E-state index in [1.165, 1.54) is 13.2 Å². The number of unbranched alkanes of at least 4 members (excludes halogenated alkanes) is 4. The standard InChI is InChI=1S/C22H36O5/c1-4-5-14-22(2,26)15-10-12-18-17(19(23)16-20(18)24)11-8-6-7-9-13-21(25)27-3/h10,12,16-18,24,26H,4-9,11,13-15H2,1-3H3/b12-10+/t17-,18+,22?/m0/s1. The smallest absolute Gasteiger partial charge is 0.305 e. The molecule has 0 aliphatic heterocycles. The third-order valence-electron chi connectivity index (χ3n) is 5.27. The first-order valence-corrected chi connectivity index (χ1v) is 10.2. The number of hydrogen-bond donors (Lipinski definition) is 2. The zero-order valence-corrected chi connectivity index (χ0v) is 17.1. The molecule has 5 heteroatoms. The number of ketones is 1. The van der Waals surface area contributed by atoms with E-state index in [0.717, 1.165) is 51.4 Å². The van der Waals surface area contributed by atoms with E-state index in [1.807, 2.05) is 19.1 Å². The molecule has 5 nitrogen and oxygen atoms in total. The molecule has 154 valence electrons. The Kier molecular flexibility index (Phi) is 10.4. The molecule has 0 aromatic rings. The van der Waals surface area contributed by atoms with E-state index in [2.05, 4.69) is 11.7 Å². The average Bonchev–Trinajstić information content (AvgIpc) is 2.89. The molecule has 1 unspecified atom stereocenters. The van der Waals surface area contributed by atoms with Gasteiger partial charge in [0.1, 0.15) is 5.76 Å². The third kappa shape index (κ3) is 8.74. The first-order valence-electron chi connectivity index (χ1n) is 10.2. The number of carbonyl (C=O) groups excluding carboxylic acids is 2. The number of methoxy groups -OCH3 is 1. The van der Waals surface area contributed by atoms with Gasteiger partial charge in [-0.15, -0.1) is 0 Å². The molecular formula is C22H36O5. The number of carbonyl (C=O) groups is 2. The van der Waals surface area contributed by atoms with Gasteiger partial charge in [-0.05, 0) is 32.6 Å². The Balaban J connectivity index is 2.43. The van der Waals surface area contributed by atoms with E-state index in [1.54, 1.807) is 0 Å². The Labute approximate surface area is 163 Å². The van der Waals surface area contributed by atoms with Gasteiger partial charge in [0.2, 0.25) is 0 Å². The zero-order valence-electron chi connectivity index (χ0n) is 17.1. The fraction of sp³-hybridized carbons (Fsp3) is 0.727. The van der Waals surface area contributed by atoms with Crippen molar-refractivity contribution in [1.82, 2.24) is 0 Å². The van der Waals surface area contributed by atoms with E-state index in [0.29, 0.717) is 12.8 Å². The van der Waals surface area contributed by atoms with E-state index < -0.39 is 5.60 Å². The predicted octanol–water partition coefficient (Wildman–Crippen LogP) is 4.64. The molecule has 0 bridgehead atoms. The molecule has 0 fully saturated rings. The lowest BCUT2D eigenvalue weighted by Crippen LogP contribution is -2.23. The number of allylic oxidation sites excluding steroid dienone is 2. The Hall–Kier alpha value is -1.62. The van der Waals surface area contributed by atoms with Crippen molar-refractivity contribution in [3.63, 3.8) is 0 Å². The van der Waals surface area contributed by atoms with Crippen LogP contribution in [0, 0.1) is 11.8 Å². The van der Waals surface area contributed by atoms with Gasteiger partial charge in [0.25, 0.3) is 0 Å². The second-order valence-corrected chi connectivity index (χ2v) is 7.87. The predicted molar refractivity (Wildman–Crippen MR) is 106 cm³/mol. The van der Waals surface area contributed by atoms with Crippen LogP contribution >= 0.6 is 0 Å². The number of esters is 1. The van der Waals surface area contributed by atoms with Crippen molar-refractivity contribution >= 4 is 11.8 Å². The van der Waals surface area contributed by atoms with E-state index in [4.69, 9.17) is 0 Å². The van der Waals surface area contributed by atoms with Crippen LogP contribution in [0.1, 0.15) is 78.1 Å². The van der Waals surface area contributed by atoms with Gasteiger partial charge in [-0.2, -0.15) is 0 Å². The molecule has 0 amide bonds. The molecule has 0 saturated heterocycles. The number of rotatable bonds is 13. The Morgan fingerprint density at radius 3 is 2.63 bits per heavy atom. The van der Waals surface area contributed by atoms with Gasteiger partial charge in [-0.1, -0.05) is 51.2 Å². The molecule has 27 heavy (non-hydrogen) atoms. The second-order valence-electron chi connectivity index (χ2n) is 7.87. The van der Waals surface area contributed by atoms with Crippen LogP contribution in [0.25, 0.3) is 0 Å². The number of aliphatic hydroxyl groups excluding tert-OH is 1. The van der Waals surface area contributed by atoms with Crippen LogP contribution in [-0.2, 0) is 14.3 Å². The summed E-state index contributed by atoms with van der Waals surface area (Å²) in [5.74, 6) is -0.582. The van der Waals surface area contributed by atoms with Crippen molar-refractivity contribution in [2.24, 2.45) is 11.8 Å². The molecule has 3 atom stereocenters. The summed E-state index contributed by atoms with van der Waals surface area (Å²) in [6, 6.07) is 0. The number of aliphatic hydroxyl groups is 2. The van der Waals surface area contributed by atoms with Crippen molar-refractivity contribution in [1.29, 1.82) is 0 Å². The minimum absolute atomic E-state index is 0.0190. The quantitative estimate of drug-likeness (QED) is 0.276. The fourth-order valence-corrected chi connectivity index (χ4v) is 3.50. The zero-order chi connectivity index (χ0) is 20.3. The minimum atomic E-state index is -0.746. The largest absolute Gasteiger partial charge is 0.512 e. The van der Waals surface area contributed by atoms with Gasteiger partial charge in [0.05, 0.1) is 12.7 Å². The van der Waals surface area contributed by atoms with Crippen LogP contribution in [0.3, 0.4) is 0 Å². The maximum Gasteiger partial charge on any atom is 0.305 e. The highest BCUT2D eigenvalue weighted by atomic mass is 16.5. The SMILES string of the molecule is CCCCC(C)(O)C/C=C/[C@H]1C(O)=CC(=O)[C@H]1CCCCCCC(=O)OC. The summed E-state index contributed by atoms with van der Waals surface area (Å²) in [7, 11) is 1.39. The summed E-state index contributed by atoms with van der Waals surface area (Å²) in [5.41, 5.74) is -0.746. The Morgan fingerprint density at radius 1 is 1.26 bits per heavy atom. The fourth-order valence-electron chi connectivity index (χ4n) is 3.50. The maximum absolute atomic E-state index is 12.2. The van der Waals surface area contributed by atoms with Crippen molar-refractivity contribution in [2.45, 2.75) is 83.7 Å². The maximum atomic E-state index is 12.2. The normalized spacial score (nSPS) is 22.1. The number of ether oxygens (including phenoxy) is 1. The van der Waals surface area contributed by atoms with Crippen LogP contribution in [0.4, 0.5) is 0 Å². The van der Waals surface area contributed by atoms with E-state index in [-0.39, 0.29) is 29.3 Å². The molecule has 0 aromatic heterocycles. The summed E-state index contributed by atoms with van der Waals surface area (Å²) in [5, 5.41) is 20.5. The van der Waals surface area contributed by atoms with E-state index in [9.17, 15) is 19.8 Å². The van der Waals surface area contributed by atoms with Gasteiger partial charge in [-0.3, -0.25) is 9.59 Å². The summed E-state index contributed by atoms with van der Waals surface area (Å²) in [4.78, 5) is 23.2. The van der Waals surface area contributed by atoms with Gasteiger partial charge in [0, 0.05) is 24.3 Å². The monoisotopic (exact) mass is 380 g/mol. The van der Waals surface area contributed by atoms with E-state index >= 15 is 0 Å². The Bertz CT molecular complexity index is 533. The topological polar surface area (TPSA) is 83.8 Å². The van der Waals surface area contributed by atoms with Gasteiger partial charge >= 0.3 is 5.97 Å². The molecular weight excluding hydrogens is 344 g/mol. The molecule has 1 rings (SSSR count). The Morgan fingerprint density at radius 2 is 1.96 bits per heavy atom. The van der Waals surface area contributed by atoms with Crippen LogP contribution in [0.15, 0.2) is 24.0 Å². The molecule has 0 spiro atoms. The first-order chi connectivity index (χ1) is 12.8. The van der Waals surface area contributed by atoms with Crippen LogP contribution < -0.4 is 0 Å². The lowest BCUT2D eigenvalue weighted by molar-refractivity contribution is -0.140.